The van der Waals surface area contributed by atoms with Gasteiger partial charge < -0.3 is 43.9 Å². The van der Waals surface area contributed by atoms with E-state index >= 15 is 0 Å². The highest BCUT2D eigenvalue weighted by molar-refractivity contribution is 6.39. The van der Waals surface area contributed by atoms with Crippen molar-refractivity contribution in [2.24, 2.45) is 29.6 Å². The van der Waals surface area contributed by atoms with Crippen molar-refractivity contribution in [2.45, 2.75) is 160 Å². The normalized spacial score (nSPS) is 41.0. The van der Waals surface area contributed by atoms with Gasteiger partial charge in [-0.05, 0) is 95.5 Å². The fourth-order valence-corrected chi connectivity index (χ4v) is 9.42. The molecule has 0 radical (unpaired) electrons. The minimum absolute atomic E-state index is 0.00988. The number of fused-ring (bicyclic) bond motifs is 3. The molecular weight excluding hydrogens is 734 g/mol. The van der Waals surface area contributed by atoms with E-state index < -0.39 is 83.9 Å². The number of cyclic esters (lactones) is 1. The average Bonchev–Trinajstić information content (AvgIpc) is 3.18. The summed E-state index contributed by atoms with van der Waals surface area (Å²) in [6, 6.07) is -1.14. The zero-order valence-electron chi connectivity index (χ0n) is 35.4. The number of methoxy groups -OCH3 is 3. The van der Waals surface area contributed by atoms with Crippen LogP contribution in [0.3, 0.4) is 0 Å². The Morgan fingerprint density at radius 1 is 0.930 bits per heavy atom. The van der Waals surface area contributed by atoms with Crippen LogP contribution in [-0.2, 0) is 42.9 Å². The first-order valence-corrected chi connectivity index (χ1v) is 20.9. The number of carbonyl (C=O) groups excluding carboxylic acids is 4. The van der Waals surface area contributed by atoms with E-state index in [0.29, 0.717) is 56.9 Å². The lowest BCUT2D eigenvalue weighted by Crippen LogP contribution is -2.64. The zero-order chi connectivity index (χ0) is 42.2. The fraction of sp³-hybridized carbons (Fsp3) is 0.773. The molecule has 3 fully saturated rings. The predicted molar refractivity (Wildman–Crippen MR) is 213 cm³/mol. The van der Waals surface area contributed by atoms with Crippen LogP contribution in [0.15, 0.2) is 36.0 Å². The van der Waals surface area contributed by atoms with Crippen molar-refractivity contribution in [1.29, 1.82) is 0 Å². The summed E-state index contributed by atoms with van der Waals surface area (Å²) >= 11 is 0. The molecule has 4 aliphatic rings. The Morgan fingerprint density at radius 2 is 1.60 bits per heavy atom. The lowest BCUT2D eigenvalue weighted by Gasteiger charge is -2.47. The number of piperidine rings is 1. The van der Waals surface area contributed by atoms with Crippen LogP contribution in [0.4, 0.5) is 0 Å². The average molecular weight is 804 g/mol. The predicted octanol–water partition coefficient (Wildman–Crippen LogP) is 4.64. The molecule has 1 amide bonds. The van der Waals surface area contributed by atoms with Crippen molar-refractivity contribution < 1.29 is 58.2 Å². The summed E-state index contributed by atoms with van der Waals surface area (Å²) in [5.74, 6) is -7.76. The molecule has 2 saturated heterocycles. The Bertz CT molecular complexity index is 1480. The number of rotatable bonds is 7. The third kappa shape index (κ3) is 11.3. The van der Waals surface area contributed by atoms with E-state index in [1.165, 1.54) is 19.1 Å². The molecule has 1 saturated carbocycles. The molecule has 1 aliphatic carbocycles. The third-order valence-corrected chi connectivity index (χ3v) is 12.9. The van der Waals surface area contributed by atoms with Gasteiger partial charge in [-0.2, -0.15) is 0 Å². The van der Waals surface area contributed by atoms with Crippen LogP contribution in [0.1, 0.15) is 105 Å². The fourth-order valence-electron chi connectivity index (χ4n) is 9.42. The van der Waals surface area contributed by atoms with E-state index in [0.717, 1.165) is 5.57 Å². The zero-order valence-corrected chi connectivity index (χ0v) is 35.4. The number of hydrogen-bond donors (Lipinski definition) is 3. The number of ether oxygens (including phenoxy) is 5. The van der Waals surface area contributed by atoms with Crippen LogP contribution in [0.2, 0.25) is 0 Å². The van der Waals surface area contributed by atoms with Crippen LogP contribution >= 0.6 is 0 Å². The van der Waals surface area contributed by atoms with Crippen LogP contribution in [0.5, 0.6) is 0 Å². The van der Waals surface area contributed by atoms with Gasteiger partial charge >= 0.3 is 5.97 Å². The van der Waals surface area contributed by atoms with Gasteiger partial charge in [0, 0.05) is 52.0 Å². The molecule has 3 heterocycles. The molecule has 57 heavy (non-hydrogen) atoms. The van der Waals surface area contributed by atoms with Gasteiger partial charge in [0.25, 0.3) is 11.7 Å². The number of nitrogens with zero attached hydrogens (tertiary/aromatic N) is 1. The molecule has 3 N–H and O–H groups in total. The Morgan fingerprint density at radius 3 is 2.25 bits per heavy atom. The van der Waals surface area contributed by atoms with Crippen LogP contribution in [-0.4, -0.2) is 126 Å². The SMILES string of the molecule is C=CC[C@H]1/C=C(/C)C[C@@H](C)C[C@@H](OC)[C@@H]2O[C@@](O)(C(=O)C(=O)N3CCCC[C@H]3C(=O)O[C@H](/C(C)=C/[C@@H]3CC[C@@H](O)[C@H](OC)C3)[C@H](C)[C@H](O)CC1=O)[C@H](C)C[C@@H]2OC. The molecule has 0 aromatic carbocycles. The summed E-state index contributed by atoms with van der Waals surface area (Å²) in [7, 11) is 4.61. The monoisotopic (exact) mass is 803 g/mol. The second kappa shape index (κ2) is 21.0. The van der Waals surface area contributed by atoms with Gasteiger partial charge in [0.2, 0.25) is 5.79 Å². The lowest BCUT2D eigenvalue weighted by atomic mass is 9.81. The van der Waals surface area contributed by atoms with Gasteiger partial charge in [-0.25, -0.2) is 4.79 Å². The van der Waals surface area contributed by atoms with E-state index in [4.69, 9.17) is 23.7 Å². The molecule has 0 unspecified atom stereocenters. The highest BCUT2D eigenvalue weighted by Crippen LogP contribution is 2.39. The molecular formula is C44H69NO12. The molecule has 322 valence electrons. The smallest absolute Gasteiger partial charge is 0.329 e. The van der Waals surface area contributed by atoms with E-state index in [1.807, 2.05) is 32.9 Å². The first kappa shape index (κ1) is 46.9. The molecule has 0 aromatic heterocycles. The van der Waals surface area contributed by atoms with Crippen molar-refractivity contribution >= 4 is 23.4 Å². The summed E-state index contributed by atoms with van der Waals surface area (Å²) in [5, 5.41) is 34.1. The Labute approximate surface area is 339 Å². The number of hydrogen-bond acceptors (Lipinski definition) is 12. The maximum atomic E-state index is 14.3. The number of esters is 1. The van der Waals surface area contributed by atoms with Gasteiger partial charge in [-0.15, -0.1) is 6.58 Å². The van der Waals surface area contributed by atoms with E-state index in [-0.39, 0.29) is 49.5 Å². The van der Waals surface area contributed by atoms with Crippen molar-refractivity contribution in [3.05, 3.63) is 36.0 Å². The standard InChI is InChI=1S/C44H69NO12/c1-10-13-31-19-25(2)18-26(3)20-37(54-8)40-38(55-9)22-28(5)44(52,57-40)41(49)42(50)45-17-12-11-14-32(45)43(51)56-39(29(6)34(47)24-35(31)48)27(4)21-30-15-16-33(46)36(23-30)53-7/h10,19,21,26,28-34,36-40,46-47,52H,1,11-18,20,22-24H2,2-9H3/b25-19-,27-21+/t26-,28-,29-,30+,31+,32+,33-,34-,36-,37-,38+,39-,40+,44-/m1/s1. The molecule has 3 aliphatic heterocycles. The second-order valence-corrected chi connectivity index (χ2v) is 17.3. The third-order valence-electron chi connectivity index (χ3n) is 12.9. The number of carbonyl (C=O) groups is 4. The van der Waals surface area contributed by atoms with E-state index in [9.17, 15) is 34.5 Å². The maximum absolute atomic E-state index is 14.3. The Balaban J connectivity index is 1.78. The number of ketones is 2. The number of aliphatic hydroxyl groups excluding tert-OH is 2. The molecule has 14 atom stereocenters. The van der Waals surface area contributed by atoms with Crippen molar-refractivity contribution in [3.63, 3.8) is 0 Å². The maximum Gasteiger partial charge on any atom is 0.329 e. The van der Waals surface area contributed by atoms with Gasteiger partial charge in [-0.1, -0.05) is 44.6 Å². The Kier molecular flexibility index (Phi) is 17.2. The lowest BCUT2D eigenvalue weighted by molar-refractivity contribution is -0.302. The van der Waals surface area contributed by atoms with Crippen LogP contribution in [0.25, 0.3) is 0 Å². The van der Waals surface area contributed by atoms with Crippen LogP contribution < -0.4 is 0 Å². The summed E-state index contributed by atoms with van der Waals surface area (Å²) < 4.78 is 29.7. The summed E-state index contributed by atoms with van der Waals surface area (Å²) in [5.41, 5.74) is 1.61. The van der Waals surface area contributed by atoms with Crippen molar-refractivity contribution in [3.8, 4) is 0 Å². The van der Waals surface area contributed by atoms with E-state index in [2.05, 4.69) is 6.58 Å². The number of aliphatic hydroxyl groups is 3. The second-order valence-electron chi connectivity index (χ2n) is 17.3. The molecule has 13 heteroatoms. The molecule has 0 aromatic rings. The van der Waals surface area contributed by atoms with Gasteiger partial charge in [0.05, 0.1) is 30.5 Å². The highest BCUT2D eigenvalue weighted by atomic mass is 16.7. The summed E-state index contributed by atoms with van der Waals surface area (Å²) in [4.78, 5) is 57.8. The first-order chi connectivity index (χ1) is 27.0. The Hall–Kier alpha value is -2.78. The highest BCUT2D eigenvalue weighted by Gasteiger charge is 2.56. The van der Waals surface area contributed by atoms with Gasteiger partial charge in [0.15, 0.2) is 0 Å². The molecule has 0 spiro atoms. The quantitative estimate of drug-likeness (QED) is 0.185. The summed E-state index contributed by atoms with van der Waals surface area (Å²) in [6.07, 6.45) is 4.93. The topological polar surface area (TPSA) is 178 Å². The summed E-state index contributed by atoms with van der Waals surface area (Å²) in [6.45, 7) is 13.1. The van der Waals surface area contributed by atoms with Crippen LogP contribution in [0, 0.1) is 29.6 Å². The van der Waals surface area contributed by atoms with Crippen molar-refractivity contribution in [2.75, 3.05) is 27.9 Å². The number of amides is 1. The first-order valence-electron chi connectivity index (χ1n) is 20.9. The van der Waals surface area contributed by atoms with Crippen molar-refractivity contribution in [1.82, 2.24) is 4.90 Å². The number of allylic oxidation sites excluding steroid dienone is 4. The van der Waals surface area contributed by atoms with Gasteiger partial charge in [0.1, 0.15) is 24.0 Å². The minimum atomic E-state index is -2.51. The molecule has 4 rings (SSSR count). The largest absolute Gasteiger partial charge is 0.456 e. The number of Topliss-reactive ketones (excluding diaryl/α,β-unsaturated/α-hetero) is 2. The van der Waals surface area contributed by atoms with E-state index in [1.54, 1.807) is 27.0 Å². The molecule has 2 bridgehead atoms. The minimum Gasteiger partial charge on any atom is -0.456 e. The molecule has 13 nitrogen and oxygen atoms in total. The van der Waals surface area contributed by atoms with Gasteiger partial charge in [-0.3, -0.25) is 14.4 Å².